The molecule has 3 aliphatic heterocycles. The van der Waals surface area contributed by atoms with Crippen LogP contribution in [0, 0.1) is 5.92 Å². The first-order valence-corrected chi connectivity index (χ1v) is 13.7. The number of fused-ring (bicyclic) bond motifs is 1. The second-order valence-electron chi connectivity index (χ2n) is 10.9. The fourth-order valence-electron chi connectivity index (χ4n) is 6.33. The van der Waals surface area contributed by atoms with E-state index in [1.807, 2.05) is 11.0 Å². The average molecular weight is 536 g/mol. The highest BCUT2D eigenvalue weighted by Gasteiger charge is 2.43. The van der Waals surface area contributed by atoms with Crippen molar-refractivity contribution in [2.45, 2.75) is 58.3 Å². The lowest BCUT2D eigenvalue weighted by Crippen LogP contribution is -2.42. The van der Waals surface area contributed by atoms with Crippen molar-refractivity contribution in [1.29, 1.82) is 0 Å². The van der Waals surface area contributed by atoms with Gasteiger partial charge in [0.15, 0.2) is 5.71 Å². The van der Waals surface area contributed by atoms with Crippen molar-refractivity contribution in [3.63, 3.8) is 0 Å². The lowest BCUT2D eigenvalue weighted by atomic mass is 9.88. The zero-order valence-corrected chi connectivity index (χ0v) is 22.4. The van der Waals surface area contributed by atoms with Crippen molar-refractivity contribution in [2.24, 2.45) is 18.1 Å². The quantitative estimate of drug-likeness (QED) is 0.430. The Bertz CT molecular complexity index is 1430. The van der Waals surface area contributed by atoms with Gasteiger partial charge in [0.2, 0.25) is 17.4 Å². The van der Waals surface area contributed by atoms with Crippen LogP contribution in [0.2, 0.25) is 0 Å². The first-order chi connectivity index (χ1) is 18.8. The molecule has 2 aromatic rings. The monoisotopic (exact) mass is 535 g/mol. The van der Waals surface area contributed by atoms with Crippen LogP contribution in [-0.2, 0) is 23.1 Å². The SMILES string of the molecule is CC(=O)N1CCC2=C(C1)C(N1CCCc3cc(-c4cnn(C)c4)c(C(F)F)cc31)=N[N+]2=C1CCC(C=O)CC1. The Morgan fingerprint density at radius 1 is 1.15 bits per heavy atom. The van der Waals surface area contributed by atoms with Gasteiger partial charge in [-0.05, 0) is 48.9 Å². The van der Waals surface area contributed by atoms with E-state index in [4.69, 9.17) is 5.10 Å². The lowest BCUT2D eigenvalue weighted by Gasteiger charge is -2.33. The van der Waals surface area contributed by atoms with E-state index in [2.05, 4.69) is 14.7 Å². The number of carbonyl (C=O) groups is 2. The zero-order valence-electron chi connectivity index (χ0n) is 22.4. The normalized spacial score (nSPS) is 21.4. The largest absolute Gasteiger partial charge is 0.338 e. The van der Waals surface area contributed by atoms with Crippen molar-refractivity contribution >= 4 is 29.4 Å². The molecule has 0 radical (unpaired) electrons. The first-order valence-electron chi connectivity index (χ1n) is 13.7. The maximum atomic E-state index is 14.4. The molecule has 39 heavy (non-hydrogen) atoms. The van der Waals surface area contributed by atoms with Gasteiger partial charge in [-0.15, -0.1) is 0 Å². The molecule has 1 aromatic heterocycles. The van der Waals surface area contributed by atoms with Crippen LogP contribution in [0.4, 0.5) is 14.5 Å². The van der Waals surface area contributed by atoms with Crippen LogP contribution >= 0.6 is 0 Å². The van der Waals surface area contributed by atoms with Crippen LogP contribution in [0.25, 0.3) is 11.1 Å². The third kappa shape index (κ3) is 4.59. The number of benzene rings is 1. The minimum Gasteiger partial charge on any atom is -0.338 e. The van der Waals surface area contributed by atoms with E-state index in [0.29, 0.717) is 37.2 Å². The number of carbonyl (C=O) groups excluding carboxylic acids is 2. The number of halogens is 2. The summed E-state index contributed by atoms with van der Waals surface area (Å²) in [6, 6.07) is 3.52. The molecule has 0 unspecified atom stereocenters. The van der Waals surface area contributed by atoms with E-state index >= 15 is 0 Å². The number of anilines is 1. The molecule has 1 amide bonds. The van der Waals surface area contributed by atoms with Gasteiger partial charge < -0.3 is 14.6 Å². The fraction of sp³-hybridized carbons (Fsp3) is 0.483. The van der Waals surface area contributed by atoms with Crippen molar-refractivity contribution < 1.29 is 23.1 Å². The van der Waals surface area contributed by atoms with Crippen LogP contribution in [0.3, 0.4) is 0 Å². The zero-order chi connectivity index (χ0) is 27.3. The van der Waals surface area contributed by atoms with Crippen molar-refractivity contribution in [3.8, 4) is 11.1 Å². The van der Waals surface area contributed by atoms with Crippen LogP contribution in [-0.4, -0.2) is 62.7 Å². The molecular formula is C29H33F2N6O2+. The number of alkyl halides is 2. The van der Waals surface area contributed by atoms with E-state index in [1.54, 1.807) is 37.1 Å². The van der Waals surface area contributed by atoms with Crippen molar-refractivity contribution in [3.05, 3.63) is 46.9 Å². The summed E-state index contributed by atoms with van der Waals surface area (Å²) in [4.78, 5) is 27.5. The van der Waals surface area contributed by atoms with Crippen LogP contribution in [0.15, 0.2) is 40.9 Å². The number of hydrazone groups is 1. The van der Waals surface area contributed by atoms with E-state index in [-0.39, 0.29) is 17.4 Å². The third-order valence-corrected chi connectivity index (χ3v) is 8.46. The maximum absolute atomic E-state index is 14.4. The van der Waals surface area contributed by atoms with Crippen LogP contribution < -0.4 is 4.90 Å². The van der Waals surface area contributed by atoms with Gasteiger partial charge in [-0.2, -0.15) is 5.10 Å². The Hall–Kier alpha value is -3.69. The summed E-state index contributed by atoms with van der Waals surface area (Å²) >= 11 is 0. The van der Waals surface area contributed by atoms with E-state index in [1.165, 1.54) is 5.71 Å². The molecule has 0 bridgehead atoms. The highest BCUT2D eigenvalue weighted by Crippen LogP contribution is 2.41. The van der Waals surface area contributed by atoms with E-state index in [0.717, 1.165) is 73.2 Å². The highest BCUT2D eigenvalue weighted by molar-refractivity contribution is 6.12. The number of hydrogen-bond acceptors (Lipinski definition) is 5. The van der Waals surface area contributed by atoms with Crippen LogP contribution in [0.5, 0.6) is 0 Å². The molecule has 204 valence electrons. The summed E-state index contributed by atoms with van der Waals surface area (Å²) in [5.74, 6) is 0.846. The molecule has 1 aliphatic carbocycles. The van der Waals surface area contributed by atoms with E-state index < -0.39 is 6.43 Å². The molecule has 1 aromatic carbocycles. The molecule has 6 rings (SSSR count). The van der Waals surface area contributed by atoms with Gasteiger partial charge in [0.25, 0.3) is 6.43 Å². The molecule has 0 atom stereocenters. The molecule has 8 nitrogen and oxygen atoms in total. The lowest BCUT2D eigenvalue weighted by molar-refractivity contribution is -0.484. The number of hydrogen-bond donors (Lipinski definition) is 0. The second-order valence-corrected chi connectivity index (χ2v) is 10.9. The molecule has 0 saturated heterocycles. The van der Waals surface area contributed by atoms with Gasteiger partial charge >= 0.3 is 0 Å². The summed E-state index contributed by atoms with van der Waals surface area (Å²) in [6.45, 7) is 3.31. The van der Waals surface area contributed by atoms with E-state index in [9.17, 15) is 18.4 Å². The minimum absolute atomic E-state index is 0.0126. The van der Waals surface area contributed by atoms with Crippen LogP contribution in [0.1, 0.15) is 63.0 Å². The molecule has 0 N–H and O–H groups in total. The summed E-state index contributed by atoms with van der Waals surface area (Å²) in [5, 5.41) is 9.31. The molecule has 10 heteroatoms. The van der Waals surface area contributed by atoms with Crippen molar-refractivity contribution in [2.75, 3.05) is 24.5 Å². The second kappa shape index (κ2) is 10.1. The third-order valence-electron chi connectivity index (χ3n) is 8.46. The Labute approximate surface area is 226 Å². The maximum Gasteiger partial charge on any atom is 0.264 e. The predicted octanol–water partition coefficient (Wildman–Crippen LogP) is 4.45. The number of aromatic nitrogens is 2. The predicted molar refractivity (Wildman–Crippen MR) is 144 cm³/mol. The summed E-state index contributed by atoms with van der Waals surface area (Å²) in [6.07, 6.45) is 7.35. The Kier molecular flexibility index (Phi) is 6.64. The number of rotatable bonds is 3. The smallest absolute Gasteiger partial charge is 0.264 e. The molecule has 1 fully saturated rings. The summed E-state index contributed by atoms with van der Waals surface area (Å²) in [7, 11) is 1.78. The van der Waals surface area contributed by atoms with Gasteiger partial charge in [0, 0.05) is 73.9 Å². The summed E-state index contributed by atoms with van der Waals surface area (Å²) < 4.78 is 32.5. The molecule has 1 saturated carbocycles. The van der Waals surface area contributed by atoms with Gasteiger partial charge in [0.05, 0.1) is 24.7 Å². The molecule has 4 heterocycles. The summed E-state index contributed by atoms with van der Waals surface area (Å²) in [5.41, 5.74) is 6.19. The fourth-order valence-corrected chi connectivity index (χ4v) is 6.33. The highest BCUT2D eigenvalue weighted by atomic mass is 19.3. The van der Waals surface area contributed by atoms with Crippen molar-refractivity contribution in [1.82, 2.24) is 14.7 Å². The molecule has 4 aliphatic rings. The Balaban J connectivity index is 1.45. The molecular weight excluding hydrogens is 502 g/mol. The minimum atomic E-state index is -2.64. The first kappa shape index (κ1) is 25.6. The number of aldehydes is 1. The number of amides is 1. The number of aryl methyl sites for hydroxylation is 2. The van der Waals surface area contributed by atoms with Gasteiger partial charge in [-0.3, -0.25) is 9.48 Å². The topological polar surface area (TPSA) is 73.8 Å². The number of amidine groups is 1. The molecule has 0 spiro atoms. The van der Waals surface area contributed by atoms with Gasteiger partial charge in [0.1, 0.15) is 6.29 Å². The average Bonchev–Trinajstić information content (AvgIpc) is 3.55. The Morgan fingerprint density at radius 2 is 1.95 bits per heavy atom. The Morgan fingerprint density at radius 3 is 2.62 bits per heavy atom. The van der Waals surface area contributed by atoms with Gasteiger partial charge in [-0.25, -0.2) is 8.78 Å². The number of nitrogens with zero attached hydrogens (tertiary/aromatic N) is 6. The van der Waals surface area contributed by atoms with Gasteiger partial charge in [-0.1, -0.05) is 4.68 Å². The standard InChI is InChI=1S/C29H33F2N6O2/c1-18(39)35-11-9-26-25(16-35)29(33-37(26)22-7-5-19(17-38)6-8-22)36-10-3-4-20-12-23(21-14-32-34(2)15-21)24(28(30)31)13-27(20)36/h12-15,17,19,28H,3-11,16H2,1-2H3/q+1.